The molecule has 0 aliphatic heterocycles. The van der Waals surface area contributed by atoms with E-state index in [2.05, 4.69) is 5.32 Å². The molecule has 0 radical (unpaired) electrons. The molecule has 0 saturated carbocycles. The van der Waals surface area contributed by atoms with Gasteiger partial charge < -0.3 is 10.4 Å². The Labute approximate surface area is 155 Å². The van der Waals surface area contributed by atoms with Gasteiger partial charge >= 0.3 is 5.97 Å². The largest absolute Gasteiger partial charge is 0.480 e. The van der Waals surface area contributed by atoms with Crippen LogP contribution in [0.3, 0.4) is 0 Å². The Morgan fingerprint density at radius 2 is 1.56 bits per heavy atom. The summed E-state index contributed by atoms with van der Waals surface area (Å²) >= 11 is 0. The highest BCUT2D eigenvalue weighted by Crippen LogP contribution is 2.38. The summed E-state index contributed by atoms with van der Waals surface area (Å²) in [5.74, 6) is -1.41. The zero-order chi connectivity index (χ0) is 18.4. The zero-order valence-electron chi connectivity index (χ0n) is 14.4. The van der Waals surface area contributed by atoms with Crippen molar-refractivity contribution < 1.29 is 14.7 Å². The van der Waals surface area contributed by atoms with Crippen LogP contribution in [-0.4, -0.2) is 23.0 Å². The van der Waals surface area contributed by atoms with Gasteiger partial charge in [-0.2, -0.15) is 0 Å². The van der Waals surface area contributed by atoms with E-state index in [0.717, 1.165) is 9.79 Å². The quantitative estimate of drug-likeness (QED) is 0.716. The Kier molecular flexibility index (Phi) is 6.56. The molecule has 2 rings (SSSR count). The summed E-state index contributed by atoms with van der Waals surface area (Å²) in [7, 11) is 3.04. The van der Waals surface area contributed by atoms with Crippen molar-refractivity contribution in [3.8, 4) is 0 Å². The van der Waals surface area contributed by atoms with E-state index in [9.17, 15) is 14.7 Å². The molecule has 0 fully saturated rings. The average molecular weight is 376 g/mol. The van der Waals surface area contributed by atoms with Crippen LogP contribution in [0.2, 0.25) is 0 Å². The number of rotatable bonds is 6. The lowest BCUT2D eigenvalue weighted by atomic mass is 9.86. The van der Waals surface area contributed by atoms with Crippen molar-refractivity contribution in [2.75, 3.05) is 0 Å². The molecule has 0 saturated heterocycles. The lowest BCUT2D eigenvalue weighted by Gasteiger charge is -2.28. The molecule has 1 unspecified atom stereocenters. The van der Waals surface area contributed by atoms with E-state index >= 15 is 0 Å². The first-order valence-corrected chi connectivity index (χ1v) is 9.96. The Bertz CT molecular complexity index is 742. The van der Waals surface area contributed by atoms with Gasteiger partial charge in [0.2, 0.25) is 0 Å². The van der Waals surface area contributed by atoms with Gasteiger partial charge in [-0.1, -0.05) is 72.7 Å². The lowest BCUT2D eigenvalue weighted by molar-refractivity contribution is -0.142. The van der Waals surface area contributed by atoms with E-state index in [1.807, 2.05) is 42.5 Å². The third-order valence-corrected chi connectivity index (χ3v) is 5.94. The smallest absolute Gasteiger partial charge is 0.326 e. The third-order valence-electron chi connectivity index (χ3n) is 3.49. The van der Waals surface area contributed by atoms with Crippen molar-refractivity contribution in [1.82, 2.24) is 5.32 Å². The number of nitrogens with one attached hydrogen (secondary N) is 1. The van der Waals surface area contributed by atoms with Crippen molar-refractivity contribution in [3.63, 3.8) is 0 Å². The van der Waals surface area contributed by atoms with Crippen LogP contribution in [-0.2, 0) is 4.79 Å². The van der Waals surface area contributed by atoms with E-state index in [4.69, 9.17) is 0 Å². The first kappa shape index (κ1) is 19.4. The highest BCUT2D eigenvalue weighted by molar-refractivity contribution is 8.76. The molecule has 2 aromatic rings. The van der Waals surface area contributed by atoms with Gasteiger partial charge in [0.25, 0.3) is 5.91 Å². The number of carboxylic acid groups (broad SMARTS) is 1. The number of carbonyl (C=O) groups is 2. The van der Waals surface area contributed by atoms with Gasteiger partial charge in [0, 0.05) is 9.79 Å². The minimum Gasteiger partial charge on any atom is -0.480 e. The van der Waals surface area contributed by atoms with Crippen LogP contribution in [0.4, 0.5) is 0 Å². The van der Waals surface area contributed by atoms with Crippen molar-refractivity contribution in [2.45, 2.75) is 36.6 Å². The van der Waals surface area contributed by atoms with Crippen LogP contribution in [0.25, 0.3) is 0 Å². The van der Waals surface area contributed by atoms with Crippen LogP contribution in [0.5, 0.6) is 0 Å². The van der Waals surface area contributed by atoms with Gasteiger partial charge in [0.15, 0.2) is 0 Å². The molecule has 0 aliphatic rings. The first-order valence-electron chi connectivity index (χ1n) is 7.81. The minimum absolute atomic E-state index is 0.376. The average Bonchev–Trinajstić information content (AvgIpc) is 2.57. The van der Waals surface area contributed by atoms with E-state index < -0.39 is 17.4 Å². The van der Waals surface area contributed by atoms with Crippen LogP contribution in [0.1, 0.15) is 31.1 Å². The summed E-state index contributed by atoms with van der Waals surface area (Å²) in [5, 5.41) is 12.1. The van der Waals surface area contributed by atoms with E-state index in [1.54, 1.807) is 43.7 Å². The van der Waals surface area contributed by atoms with Crippen LogP contribution in [0, 0.1) is 5.41 Å². The van der Waals surface area contributed by atoms with Crippen LogP contribution < -0.4 is 5.32 Å². The summed E-state index contributed by atoms with van der Waals surface area (Å²) in [6.45, 7) is 5.37. The maximum atomic E-state index is 12.6. The molecule has 2 aromatic carbocycles. The second kappa shape index (κ2) is 8.45. The maximum Gasteiger partial charge on any atom is 0.326 e. The van der Waals surface area contributed by atoms with E-state index in [0.29, 0.717) is 5.56 Å². The molecule has 0 bridgehead atoms. The van der Waals surface area contributed by atoms with E-state index in [-0.39, 0.29) is 5.91 Å². The Morgan fingerprint density at radius 3 is 2.16 bits per heavy atom. The second-order valence-corrected chi connectivity index (χ2v) is 8.83. The van der Waals surface area contributed by atoms with Crippen molar-refractivity contribution in [2.24, 2.45) is 5.41 Å². The molecule has 1 atom stereocenters. The summed E-state index contributed by atoms with van der Waals surface area (Å²) < 4.78 is 0. The van der Waals surface area contributed by atoms with Crippen molar-refractivity contribution in [3.05, 3.63) is 60.2 Å². The molecule has 0 aliphatic carbocycles. The summed E-state index contributed by atoms with van der Waals surface area (Å²) in [6.07, 6.45) is 0. The standard InChI is InChI=1S/C19H21NO3S2/c1-19(2,3)16(18(22)23)20-17(21)14-11-7-8-12-15(14)25-24-13-9-5-4-6-10-13/h4-12,16H,1-3H3,(H,20,21)(H,22,23). The molecule has 25 heavy (non-hydrogen) atoms. The predicted molar refractivity (Wildman–Crippen MR) is 103 cm³/mol. The normalized spacial score (nSPS) is 12.4. The third kappa shape index (κ3) is 5.54. The molecular weight excluding hydrogens is 354 g/mol. The molecular formula is C19H21NO3S2. The molecule has 0 spiro atoms. The molecule has 4 nitrogen and oxygen atoms in total. The highest BCUT2D eigenvalue weighted by Gasteiger charge is 2.33. The van der Waals surface area contributed by atoms with Crippen LogP contribution >= 0.6 is 21.6 Å². The van der Waals surface area contributed by atoms with Crippen molar-refractivity contribution >= 4 is 33.5 Å². The minimum atomic E-state index is -1.04. The summed E-state index contributed by atoms with van der Waals surface area (Å²) in [6, 6.07) is 16.1. The molecule has 0 aromatic heterocycles. The van der Waals surface area contributed by atoms with E-state index in [1.165, 1.54) is 10.8 Å². The highest BCUT2D eigenvalue weighted by atomic mass is 33.1. The van der Waals surface area contributed by atoms with Gasteiger partial charge in [-0.3, -0.25) is 4.79 Å². The SMILES string of the molecule is CC(C)(C)C(NC(=O)c1ccccc1SSc1ccccc1)C(=O)O. The monoisotopic (exact) mass is 375 g/mol. The fourth-order valence-electron chi connectivity index (χ4n) is 2.15. The summed E-state index contributed by atoms with van der Waals surface area (Å²) in [4.78, 5) is 26.0. The number of amides is 1. The van der Waals surface area contributed by atoms with Gasteiger partial charge in [0.1, 0.15) is 6.04 Å². The topological polar surface area (TPSA) is 66.4 Å². The number of hydrogen-bond donors (Lipinski definition) is 2. The molecule has 0 heterocycles. The lowest BCUT2D eigenvalue weighted by Crippen LogP contribution is -2.49. The Balaban J connectivity index is 2.16. The number of carbonyl (C=O) groups excluding carboxylic acids is 1. The maximum absolute atomic E-state index is 12.6. The molecule has 2 N–H and O–H groups in total. The number of hydrogen-bond acceptors (Lipinski definition) is 4. The second-order valence-electron chi connectivity index (χ2n) is 6.59. The van der Waals surface area contributed by atoms with Gasteiger partial charge in [-0.15, -0.1) is 0 Å². The van der Waals surface area contributed by atoms with Gasteiger partial charge in [-0.25, -0.2) is 4.79 Å². The number of benzene rings is 2. The van der Waals surface area contributed by atoms with Crippen molar-refractivity contribution in [1.29, 1.82) is 0 Å². The predicted octanol–water partition coefficient (Wildman–Crippen LogP) is 4.72. The fraction of sp³-hybridized carbons (Fsp3) is 0.263. The first-order chi connectivity index (χ1) is 11.8. The molecule has 6 heteroatoms. The van der Waals surface area contributed by atoms with Gasteiger partial charge in [-0.05, 0) is 29.7 Å². The van der Waals surface area contributed by atoms with Gasteiger partial charge in [0.05, 0.1) is 5.56 Å². The Morgan fingerprint density at radius 1 is 0.960 bits per heavy atom. The molecule has 132 valence electrons. The number of aliphatic carboxylic acids is 1. The number of carboxylic acids is 1. The van der Waals surface area contributed by atoms with Crippen LogP contribution in [0.15, 0.2) is 64.4 Å². The molecule has 1 amide bonds. The summed E-state index contributed by atoms with van der Waals surface area (Å²) in [5.41, 5.74) is -0.103. The zero-order valence-corrected chi connectivity index (χ0v) is 16.0. The fourth-order valence-corrected chi connectivity index (χ4v) is 4.32. The Hall–Kier alpha value is -1.92.